The lowest BCUT2D eigenvalue weighted by Crippen LogP contribution is -2.47. The first kappa shape index (κ1) is 19.2. The van der Waals surface area contributed by atoms with Gasteiger partial charge in [0.2, 0.25) is 0 Å². The van der Waals surface area contributed by atoms with Gasteiger partial charge >= 0.3 is 0 Å². The minimum atomic E-state index is 0.0684. The molecule has 0 saturated heterocycles. The van der Waals surface area contributed by atoms with Crippen molar-refractivity contribution < 1.29 is 4.74 Å². The molecule has 2 aromatic rings. The molecule has 3 N–H and O–H groups in total. The van der Waals surface area contributed by atoms with Crippen molar-refractivity contribution in [2.75, 3.05) is 12.4 Å². The van der Waals surface area contributed by atoms with Gasteiger partial charge in [-0.15, -0.1) is 0 Å². The van der Waals surface area contributed by atoms with Gasteiger partial charge in [0, 0.05) is 22.2 Å². The second-order valence-electron chi connectivity index (χ2n) is 7.26. The van der Waals surface area contributed by atoms with E-state index in [0.717, 1.165) is 22.3 Å². The van der Waals surface area contributed by atoms with Gasteiger partial charge in [-0.05, 0) is 61.1 Å². The number of ether oxygens (including phenoxy) is 1. The van der Waals surface area contributed by atoms with Gasteiger partial charge in [-0.1, -0.05) is 53.4 Å². The average molecular weight is 417 g/mol. The summed E-state index contributed by atoms with van der Waals surface area (Å²) in [6.07, 6.45) is 7.37. The Morgan fingerprint density at radius 3 is 2.42 bits per heavy atom. The second kappa shape index (κ2) is 9.43. The van der Waals surface area contributed by atoms with Gasteiger partial charge < -0.3 is 15.8 Å². The van der Waals surface area contributed by atoms with Gasteiger partial charge in [-0.3, -0.25) is 0 Å². The lowest BCUT2D eigenvalue weighted by molar-refractivity contribution is 0.290. The van der Waals surface area contributed by atoms with Crippen molar-refractivity contribution in [2.24, 2.45) is 11.7 Å². The van der Waals surface area contributed by atoms with E-state index in [0.29, 0.717) is 5.92 Å². The van der Waals surface area contributed by atoms with Crippen LogP contribution < -0.4 is 15.8 Å². The van der Waals surface area contributed by atoms with Gasteiger partial charge in [-0.2, -0.15) is 0 Å². The number of benzene rings is 2. The first-order valence-corrected chi connectivity index (χ1v) is 10.4. The van der Waals surface area contributed by atoms with E-state index >= 15 is 0 Å². The highest BCUT2D eigenvalue weighted by molar-refractivity contribution is 9.10. The molecule has 0 bridgehead atoms. The number of rotatable bonds is 7. The van der Waals surface area contributed by atoms with Crippen molar-refractivity contribution >= 4 is 21.6 Å². The third kappa shape index (κ3) is 5.01. The third-order valence-electron chi connectivity index (χ3n) is 5.46. The summed E-state index contributed by atoms with van der Waals surface area (Å²) in [5.41, 5.74) is 9.14. The molecule has 3 rings (SSSR count). The van der Waals surface area contributed by atoms with Crippen molar-refractivity contribution in [1.82, 2.24) is 0 Å². The van der Waals surface area contributed by atoms with E-state index in [9.17, 15) is 0 Å². The number of methoxy groups -OCH3 is 1. The highest BCUT2D eigenvalue weighted by Gasteiger charge is 2.29. The molecule has 0 aliphatic heterocycles. The molecule has 2 aromatic carbocycles. The van der Waals surface area contributed by atoms with Crippen LogP contribution in [0.15, 0.2) is 53.0 Å². The van der Waals surface area contributed by atoms with Crippen LogP contribution in [0.1, 0.15) is 37.7 Å². The van der Waals surface area contributed by atoms with E-state index < -0.39 is 0 Å². The minimum absolute atomic E-state index is 0.0684. The molecule has 0 aromatic heterocycles. The van der Waals surface area contributed by atoms with Gasteiger partial charge in [0.15, 0.2) is 0 Å². The number of hydrogen-bond acceptors (Lipinski definition) is 3. The topological polar surface area (TPSA) is 47.3 Å². The van der Waals surface area contributed by atoms with Crippen LogP contribution in [0, 0.1) is 5.92 Å². The van der Waals surface area contributed by atoms with Crippen LogP contribution in [-0.2, 0) is 6.42 Å². The molecule has 0 heterocycles. The highest BCUT2D eigenvalue weighted by Crippen LogP contribution is 2.31. The van der Waals surface area contributed by atoms with Crippen LogP contribution in [0.2, 0.25) is 0 Å². The molecule has 0 spiro atoms. The number of anilines is 1. The van der Waals surface area contributed by atoms with Gasteiger partial charge in [-0.25, -0.2) is 0 Å². The Labute approximate surface area is 165 Å². The first-order chi connectivity index (χ1) is 12.7. The molecular weight excluding hydrogens is 388 g/mol. The maximum absolute atomic E-state index is 6.75. The molecule has 26 heavy (non-hydrogen) atoms. The number of nitrogens with two attached hydrogens (primary N) is 1. The molecule has 3 nitrogen and oxygen atoms in total. The van der Waals surface area contributed by atoms with E-state index in [1.807, 2.05) is 18.2 Å². The molecule has 1 aliphatic carbocycles. The summed E-state index contributed by atoms with van der Waals surface area (Å²) < 4.78 is 6.41. The van der Waals surface area contributed by atoms with Crippen LogP contribution in [0.5, 0.6) is 5.75 Å². The van der Waals surface area contributed by atoms with E-state index in [1.165, 1.54) is 37.7 Å². The highest BCUT2D eigenvalue weighted by atomic mass is 79.9. The van der Waals surface area contributed by atoms with E-state index in [2.05, 4.69) is 51.6 Å². The Balaban J connectivity index is 1.76. The lowest BCUT2D eigenvalue weighted by atomic mass is 9.79. The molecule has 0 amide bonds. The molecule has 2 atom stereocenters. The summed E-state index contributed by atoms with van der Waals surface area (Å²) in [5, 5.41) is 3.74. The van der Waals surface area contributed by atoms with Crippen LogP contribution in [0.25, 0.3) is 0 Å². The monoisotopic (exact) mass is 416 g/mol. The Morgan fingerprint density at radius 2 is 1.77 bits per heavy atom. The predicted octanol–water partition coefficient (Wildman–Crippen LogP) is 5.39. The molecule has 1 fully saturated rings. The van der Waals surface area contributed by atoms with Gasteiger partial charge in [0.1, 0.15) is 5.75 Å². The summed E-state index contributed by atoms with van der Waals surface area (Å²) >= 11 is 3.66. The van der Waals surface area contributed by atoms with Crippen molar-refractivity contribution in [1.29, 1.82) is 0 Å². The lowest BCUT2D eigenvalue weighted by Gasteiger charge is -2.36. The van der Waals surface area contributed by atoms with Crippen LogP contribution in [0.3, 0.4) is 0 Å². The average Bonchev–Trinajstić information content (AvgIpc) is 2.69. The quantitative estimate of drug-likeness (QED) is 0.635. The molecule has 4 heteroatoms. The molecular formula is C22H29BrN2O. The summed E-state index contributed by atoms with van der Waals surface area (Å²) in [6, 6.07) is 16.9. The normalized spacial score (nSPS) is 17.5. The minimum Gasteiger partial charge on any atom is -0.497 e. The summed E-state index contributed by atoms with van der Waals surface area (Å²) in [6.45, 7) is 0. The molecule has 0 unspecified atom stereocenters. The Kier molecular flexibility index (Phi) is 6.98. The zero-order valence-electron chi connectivity index (χ0n) is 15.5. The zero-order valence-corrected chi connectivity index (χ0v) is 17.0. The zero-order chi connectivity index (χ0) is 18.4. The summed E-state index contributed by atoms with van der Waals surface area (Å²) in [5.74, 6) is 1.51. The fraction of sp³-hybridized carbons (Fsp3) is 0.455. The summed E-state index contributed by atoms with van der Waals surface area (Å²) in [4.78, 5) is 0. The SMILES string of the molecule is COc1ccc(N[C@H](C2CCCCC2)[C@@H](N)Cc2ccccc2Br)cc1. The van der Waals surface area contributed by atoms with E-state index in [-0.39, 0.29) is 12.1 Å². The largest absolute Gasteiger partial charge is 0.497 e. The van der Waals surface area contributed by atoms with Crippen molar-refractivity contribution in [3.8, 4) is 5.75 Å². The number of hydrogen-bond donors (Lipinski definition) is 2. The smallest absolute Gasteiger partial charge is 0.119 e. The third-order valence-corrected chi connectivity index (χ3v) is 6.23. The van der Waals surface area contributed by atoms with Crippen LogP contribution in [-0.4, -0.2) is 19.2 Å². The van der Waals surface area contributed by atoms with Gasteiger partial charge in [0.25, 0.3) is 0 Å². The molecule has 1 saturated carbocycles. The van der Waals surface area contributed by atoms with Crippen LogP contribution >= 0.6 is 15.9 Å². The molecule has 1 aliphatic rings. The fourth-order valence-electron chi connectivity index (χ4n) is 3.99. The molecule has 0 radical (unpaired) electrons. The number of nitrogens with one attached hydrogen (secondary N) is 1. The van der Waals surface area contributed by atoms with Crippen LogP contribution in [0.4, 0.5) is 5.69 Å². The maximum Gasteiger partial charge on any atom is 0.119 e. The fourth-order valence-corrected chi connectivity index (χ4v) is 4.44. The first-order valence-electron chi connectivity index (χ1n) is 9.57. The van der Waals surface area contributed by atoms with Gasteiger partial charge in [0.05, 0.1) is 7.11 Å². The predicted molar refractivity (Wildman–Crippen MR) is 113 cm³/mol. The Hall–Kier alpha value is -1.52. The Bertz CT molecular complexity index is 683. The standard InChI is InChI=1S/C22H29BrN2O/c1-26-19-13-11-18(12-14-19)25-22(16-7-3-2-4-8-16)21(24)15-17-9-5-6-10-20(17)23/h5-6,9-14,16,21-22,25H,2-4,7-8,15,24H2,1H3/t21-,22+/m0/s1. The second-order valence-corrected chi connectivity index (χ2v) is 8.11. The Morgan fingerprint density at radius 1 is 1.08 bits per heavy atom. The van der Waals surface area contributed by atoms with Crippen molar-refractivity contribution in [2.45, 2.75) is 50.6 Å². The maximum atomic E-state index is 6.75. The summed E-state index contributed by atoms with van der Waals surface area (Å²) in [7, 11) is 1.70. The van der Waals surface area contributed by atoms with Crippen molar-refractivity contribution in [3.63, 3.8) is 0 Å². The van der Waals surface area contributed by atoms with E-state index in [1.54, 1.807) is 7.11 Å². The van der Waals surface area contributed by atoms with Crippen molar-refractivity contribution in [3.05, 3.63) is 58.6 Å². The van der Waals surface area contributed by atoms with E-state index in [4.69, 9.17) is 10.5 Å². The molecule has 140 valence electrons. The number of halogens is 1.